The molecule has 6 heteroatoms. The first-order valence-corrected chi connectivity index (χ1v) is 4.78. The first-order chi connectivity index (χ1) is 8.04. The molecule has 0 spiro atoms. The van der Waals surface area contributed by atoms with E-state index in [9.17, 15) is 18.4 Å². The zero-order valence-corrected chi connectivity index (χ0v) is 8.69. The molecule has 1 atom stereocenters. The largest absolute Gasteiger partial charge is 0.480 e. The number of hydrogen-bond donors (Lipinski definition) is 1. The summed E-state index contributed by atoms with van der Waals surface area (Å²) in [6.45, 7) is 0. The average molecular weight is 241 g/mol. The van der Waals surface area contributed by atoms with Gasteiger partial charge in [-0.3, -0.25) is 0 Å². The van der Waals surface area contributed by atoms with Crippen molar-refractivity contribution in [3.63, 3.8) is 0 Å². The molecule has 90 valence electrons. The smallest absolute Gasteiger partial charge is 0.329 e. The second kappa shape index (κ2) is 5.86. The lowest BCUT2D eigenvalue weighted by molar-refractivity contribution is -0.138. The van der Waals surface area contributed by atoms with Crippen LogP contribution in [-0.2, 0) is 16.0 Å². The highest BCUT2D eigenvalue weighted by atomic mass is 19.2. The molecule has 0 aliphatic heterocycles. The van der Waals surface area contributed by atoms with Crippen LogP contribution in [0.15, 0.2) is 23.2 Å². The molecule has 0 saturated heterocycles. The maximum atomic E-state index is 12.8. The molecular formula is C11H9F2NO3. The molecule has 0 bridgehead atoms. The van der Waals surface area contributed by atoms with Gasteiger partial charge >= 0.3 is 5.97 Å². The first kappa shape index (κ1) is 13.0. The van der Waals surface area contributed by atoms with E-state index < -0.39 is 23.6 Å². The topological polar surface area (TPSA) is 66.7 Å². The number of aliphatic imine (C=N–C) groups is 1. The lowest BCUT2D eigenvalue weighted by Gasteiger charge is -2.05. The van der Waals surface area contributed by atoms with Crippen LogP contribution in [0.1, 0.15) is 12.0 Å². The number of isocyanates is 1. The van der Waals surface area contributed by atoms with Gasteiger partial charge in [-0.2, -0.15) is 4.99 Å². The number of aliphatic carboxylic acids is 1. The number of hydrogen-bond acceptors (Lipinski definition) is 3. The van der Waals surface area contributed by atoms with Crippen LogP contribution in [0.25, 0.3) is 0 Å². The summed E-state index contributed by atoms with van der Waals surface area (Å²) in [5, 5.41) is 8.67. The molecule has 1 rings (SSSR count). The molecule has 0 amide bonds. The maximum Gasteiger partial charge on any atom is 0.329 e. The van der Waals surface area contributed by atoms with Crippen molar-refractivity contribution in [3.8, 4) is 0 Å². The summed E-state index contributed by atoms with van der Waals surface area (Å²) in [6, 6.07) is 2.09. The number of halogens is 2. The van der Waals surface area contributed by atoms with Crippen molar-refractivity contribution in [2.24, 2.45) is 4.99 Å². The van der Waals surface area contributed by atoms with Gasteiger partial charge in [0.1, 0.15) is 0 Å². The van der Waals surface area contributed by atoms with Gasteiger partial charge < -0.3 is 5.11 Å². The zero-order chi connectivity index (χ0) is 12.8. The van der Waals surface area contributed by atoms with Crippen molar-refractivity contribution >= 4 is 12.0 Å². The molecule has 1 unspecified atom stereocenters. The van der Waals surface area contributed by atoms with Crippen molar-refractivity contribution in [2.75, 3.05) is 0 Å². The third-order valence-electron chi connectivity index (χ3n) is 2.18. The Bertz CT molecular complexity index is 468. The Balaban J connectivity index is 2.68. The number of carboxylic acid groups (broad SMARTS) is 1. The minimum Gasteiger partial charge on any atom is -0.480 e. The Morgan fingerprint density at radius 1 is 1.41 bits per heavy atom. The molecule has 17 heavy (non-hydrogen) atoms. The molecule has 0 radical (unpaired) electrons. The van der Waals surface area contributed by atoms with Crippen LogP contribution in [0.4, 0.5) is 8.78 Å². The number of rotatable bonds is 5. The highest BCUT2D eigenvalue weighted by Gasteiger charge is 2.16. The summed E-state index contributed by atoms with van der Waals surface area (Å²) < 4.78 is 25.4. The molecule has 1 aromatic rings. The van der Waals surface area contributed by atoms with Crippen LogP contribution in [0, 0.1) is 11.6 Å². The van der Waals surface area contributed by atoms with Crippen molar-refractivity contribution in [1.29, 1.82) is 0 Å². The van der Waals surface area contributed by atoms with Gasteiger partial charge in [0.2, 0.25) is 6.08 Å². The summed E-state index contributed by atoms with van der Waals surface area (Å²) in [4.78, 5) is 23.7. The summed E-state index contributed by atoms with van der Waals surface area (Å²) in [5.41, 5.74) is 0.441. The van der Waals surface area contributed by atoms with Crippen molar-refractivity contribution < 1.29 is 23.5 Å². The van der Waals surface area contributed by atoms with Gasteiger partial charge in [0, 0.05) is 0 Å². The second-order valence-corrected chi connectivity index (χ2v) is 3.36. The number of carbonyl (C=O) groups excluding carboxylic acids is 1. The molecule has 0 aliphatic carbocycles. The number of nitrogens with zero attached hydrogens (tertiary/aromatic N) is 1. The van der Waals surface area contributed by atoms with Crippen LogP contribution in [0.2, 0.25) is 0 Å². The lowest BCUT2D eigenvalue weighted by Crippen LogP contribution is -2.18. The number of benzene rings is 1. The molecule has 0 saturated carbocycles. The summed E-state index contributed by atoms with van der Waals surface area (Å²) in [6.07, 6.45) is 1.37. The van der Waals surface area contributed by atoms with Gasteiger partial charge in [0.15, 0.2) is 17.7 Å². The van der Waals surface area contributed by atoms with Crippen LogP contribution in [0.3, 0.4) is 0 Å². The van der Waals surface area contributed by atoms with E-state index in [0.29, 0.717) is 5.56 Å². The highest BCUT2D eigenvalue weighted by molar-refractivity contribution is 5.74. The molecular weight excluding hydrogens is 232 g/mol. The zero-order valence-electron chi connectivity index (χ0n) is 8.69. The van der Waals surface area contributed by atoms with E-state index in [0.717, 1.165) is 12.1 Å². The molecule has 0 heterocycles. The van der Waals surface area contributed by atoms with E-state index in [-0.39, 0.29) is 12.8 Å². The third kappa shape index (κ3) is 3.77. The number of carbonyl (C=O) groups is 1. The second-order valence-electron chi connectivity index (χ2n) is 3.36. The van der Waals surface area contributed by atoms with Crippen LogP contribution in [0.5, 0.6) is 0 Å². The van der Waals surface area contributed by atoms with Crippen molar-refractivity contribution in [1.82, 2.24) is 0 Å². The molecule has 0 aliphatic rings. The van der Waals surface area contributed by atoms with E-state index in [1.807, 2.05) is 0 Å². The van der Waals surface area contributed by atoms with Gasteiger partial charge in [-0.1, -0.05) is 6.07 Å². The van der Waals surface area contributed by atoms with Gasteiger partial charge in [0.25, 0.3) is 0 Å². The SMILES string of the molecule is O=C=NC(CCc1ccc(F)c(F)c1)C(=O)O. The lowest BCUT2D eigenvalue weighted by atomic mass is 10.1. The van der Waals surface area contributed by atoms with E-state index in [4.69, 9.17) is 5.11 Å². The summed E-state index contributed by atoms with van der Waals surface area (Å²) >= 11 is 0. The fourth-order valence-electron chi connectivity index (χ4n) is 1.31. The molecule has 1 aromatic carbocycles. The predicted octanol–water partition coefficient (Wildman–Crippen LogP) is 1.69. The third-order valence-corrected chi connectivity index (χ3v) is 2.18. The van der Waals surface area contributed by atoms with Crippen molar-refractivity contribution in [2.45, 2.75) is 18.9 Å². The quantitative estimate of drug-likeness (QED) is 0.630. The van der Waals surface area contributed by atoms with Crippen LogP contribution < -0.4 is 0 Å². The Morgan fingerprint density at radius 2 is 2.12 bits per heavy atom. The van der Waals surface area contributed by atoms with Gasteiger partial charge in [-0.05, 0) is 30.5 Å². The Morgan fingerprint density at radius 3 is 2.65 bits per heavy atom. The van der Waals surface area contributed by atoms with Crippen LogP contribution >= 0.6 is 0 Å². The van der Waals surface area contributed by atoms with Crippen LogP contribution in [-0.4, -0.2) is 23.2 Å². The molecule has 1 N–H and O–H groups in total. The Kier molecular flexibility index (Phi) is 4.48. The minimum absolute atomic E-state index is 0.0235. The van der Waals surface area contributed by atoms with Crippen molar-refractivity contribution in [3.05, 3.63) is 35.4 Å². The Hall–Kier alpha value is -2.07. The predicted molar refractivity (Wildman–Crippen MR) is 54.2 cm³/mol. The van der Waals surface area contributed by atoms with Gasteiger partial charge in [-0.15, -0.1) is 0 Å². The van der Waals surface area contributed by atoms with E-state index in [1.165, 1.54) is 12.1 Å². The summed E-state index contributed by atoms with van der Waals surface area (Å²) in [7, 11) is 0. The standard InChI is InChI=1S/C11H9F2NO3/c12-8-3-1-7(5-9(8)13)2-4-10(11(16)17)14-6-15/h1,3,5,10H,2,4H2,(H,16,17). The fourth-order valence-corrected chi connectivity index (χ4v) is 1.31. The molecule has 0 fully saturated rings. The highest BCUT2D eigenvalue weighted by Crippen LogP contribution is 2.12. The average Bonchev–Trinajstić information content (AvgIpc) is 2.28. The van der Waals surface area contributed by atoms with Gasteiger partial charge in [0.05, 0.1) is 0 Å². The normalized spacial score (nSPS) is 11.6. The fraction of sp³-hybridized carbons (Fsp3) is 0.273. The number of aryl methyl sites for hydroxylation is 1. The minimum atomic E-state index is -1.25. The first-order valence-electron chi connectivity index (χ1n) is 4.78. The van der Waals surface area contributed by atoms with E-state index in [2.05, 4.69) is 4.99 Å². The van der Waals surface area contributed by atoms with E-state index in [1.54, 1.807) is 0 Å². The Labute approximate surface area is 95.6 Å². The maximum absolute atomic E-state index is 12.8. The number of carboxylic acids is 1. The van der Waals surface area contributed by atoms with Gasteiger partial charge in [-0.25, -0.2) is 18.4 Å². The molecule has 0 aromatic heterocycles. The monoisotopic (exact) mass is 241 g/mol. The summed E-state index contributed by atoms with van der Waals surface area (Å²) in [5.74, 6) is -3.21. The van der Waals surface area contributed by atoms with E-state index >= 15 is 0 Å². The molecule has 4 nitrogen and oxygen atoms in total.